The van der Waals surface area contributed by atoms with E-state index in [1.807, 2.05) is 0 Å². The van der Waals surface area contributed by atoms with E-state index >= 15 is 0 Å². The minimum absolute atomic E-state index is 0.145. The molecule has 0 spiro atoms. The van der Waals surface area contributed by atoms with E-state index in [0.717, 1.165) is 0 Å². The quantitative estimate of drug-likeness (QED) is 0.386. The average molecular weight is 328 g/mol. The Morgan fingerprint density at radius 3 is 2.82 bits per heavy atom. The lowest BCUT2D eigenvalue weighted by molar-refractivity contribution is -0.385. The van der Waals surface area contributed by atoms with Crippen molar-refractivity contribution in [2.45, 2.75) is 32.8 Å². The van der Waals surface area contributed by atoms with Gasteiger partial charge in [0.25, 0.3) is 0 Å². The zero-order chi connectivity index (χ0) is 16.8. The van der Waals surface area contributed by atoms with E-state index in [4.69, 9.17) is 16.3 Å². The zero-order valence-corrected chi connectivity index (χ0v) is 13.4. The van der Waals surface area contributed by atoms with Crippen LogP contribution < -0.4 is 5.32 Å². The minimum Gasteiger partial charge on any atom is -0.444 e. The van der Waals surface area contributed by atoms with Crippen molar-refractivity contribution < 1.29 is 14.5 Å². The first-order valence-electron chi connectivity index (χ1n) is 6.62. The van der Waals surface area contributed by atoms with Crippen molar-refractivity contribution in [3.8, 4) is 0 Å². The van der Waals surface area contributed by atoms with Crippen molar-refractivity contribution in [3.05, 3.63) is 39.2 Å². The number of nitro groups is 1. The molecule has 1 heterocycles. The Morgan fingerprint density at radius 1 is 1.55 bits per heavy atom. The van der Waals surface area contributed by atoms with Crippen LogP contribution in [0.3, 0.4) is 0 Å². The molecule has 1 N–H and O–H groups in total. The normalized spacial score (nSPS) is 11.5. The summed E-state index contributed by atoms with van der Waals surface area (Å²) < 4.78 is 5.08. The van der Waals surface area contributed by atoms with Gasteiger partial charge in [0.15, 0.2) is 0 Å². The summed E-state index contributed by atoms with van der Waals surface area (Å²) >= 11 is 5.62. The lowest BCUT2D eigenvalue weighted by Gasteiger charge is -2.19. The highest BCUT2D eigenvalue weighted by Crippen LogP contribution is 2.22. The first-order chi connectivity index (χ1) is 10.2. The molecule has 1 rings (SSSR count). The predicted molar refractivity (Wildman–Crippen MR) is 83.8 cm³/mol. The highest BCUT2D eigenvalue weighted by atomic mass is 35.5. The number of nitrogens with zero attached hydrogens (tertiary/aromatic N) is 2. The average Bonchev–Trinajstić information content (AvgIpc) is 2.37. The summed E-state index contributed by atoms with van der Waals surface area (Å²) in [7, 11) is 0. The number of aromatic nitrogens is 1. The third-order valence-electron chi connectivity index (χ3n) is 2.33. The van der Waals surface area contributed by atoms with Crippen LogP contribution in [0, 0.1) is 10.1 Å². The molecule has 0 aromatic carbocycles. The summed E-state index contributed by atoms with van der Waals surface area (Å²) in [6, 6.07) is 1.34. The second-order valence-electron chi connectivity index (χ2n) is 5.46. The maximum absolute atomic E-state index is 11.4. The van der Waals surface area contributed by atoms with Gasteiger partial charge in [0.05, 0.1) is 4.92 Å². The molecule has 1 aromatic heterocycles. The van der Waals surface area contributed by atoms with Gasteiger partial charge in [-0.3, -0.25) is 10.1 Å². The number of alkyl carbamates (subject to hydrolysis) is 1. The summed E-state index contributed by atoms with van der Waals surface area (Å²) in [5, 5.41) is 13.2. The Bertz CT molecular complexity index is 582. The molecular formula is C14H18ClN3O4. The van der Waals surface area contributed by atoms with Crippen molar-refractivity contribution in [2.75, 3.05) is 6.54 Å². The number of amides is 1. The van der Waals surface area contributed by atoms with Crippen LogP contribution in [0.4, 0.5) is 10.5 Å². The van der Waals surface area contributed by atoms with Crippen molar-refractivity contribution in [3.63, 3.8) is 0 Å². The molecule has 0 aliphatic heterocycles. The first-order valence-corrected chi connectivity index (χ1v) is 7.00. The summed E-state index contributed by atoms with van der Waals surface area (Å²) in [6.45, 7) is 5.75. The fourth-order valence-electron chi connectivity index (χ4n) is 1.46. The third-order valence-corrected chi connectivity index (χ3v) is 2.62. The molecule has 8 heteroatoms. The molecule has 120 valence electrons. The summed E-state index contributed by atoms with van der Waals surface area (Å²) in [5.41, 5.74) is -0.211. The molecule has 1 amide bonds. The van der Waals surface area contributed by atoms with E-state index < -0.39 is 16.6 Å². The molecule has 0 atom stereocenters. The van der Waals surface area contributed by atoms with Crippen LogP contribution in [0.15, 0.2) is 18.3 Å². The molecule has 22 heavy (non-hydrogen) atoms. The Hall–Kier alpha value is -2.15. The van der Waals surface area contributed by atoms with Gasteiger partial charge in [0.1, 0.15) is 5.60 Å². The number of nitrogens with one attached hydrogen (secondary N) is 1. The molecule has 0 unspecified atom stereocenters. The second kappa shape index (κ2) is 7.74. The number of halogens is 1. The van der Waals surface area contributed by atoms with E-state index in [0.29, 0.717) is 18.5 Å². The van der Waals surface area contributed by atoms with Crippen LogP contribution in [0.2, 0.25) is 5.15 Å². The smallest absolute Gasteiger partial charge is 0.407 e. The second-order valence-corrected chi connectivity index (χ2v) is 5.81. The topological polar surface area (TPSA) is 94.4 Å². The van der Waals surface area contributed by atoms with E-state index in [-0.39, 0.29) is 10.8 Å². The lowest BCUT2D eigenvalue weighted by Crippen LogP contribution is -2.32. The zero-order valence-electron chi connectivity index (χ0n) is 12.6. The molecule has 1 aromatic rings. The van der Waals surface area contributed by atoms with Gasteiger partial charge >= 0.3 is 11.8 Å². The molecule has 7 nitrogen and oxygen atoms in total. The Labute approximate surface area is 133 Å². The van der Waals surface area contributed by atoms with Gasteiger partial charge in [-0.05, 0) is 32.8 Å². The van der Waals surface area contributed by atoms with E-state index in [1.165, 1.54) is 12.3 Å². The van der Waals surface area contributed by atoms with Gasteiger partial charge in [-0.25, -0.2) is 9.78 Å². The number of ether oxygens (including phenoxy) is 1. The maximum atomic E-state index is 11.4. The van der Waals surface area contributed by atoms with Crippen LogP contribution in [-0.4, -0.2) is 28.1 Å². The van der Waals surface area contributed by atoms with Crippen LogP contribution in [0.1, 0.15) is 32.8 Å². The maximum Gasteiger partial charge on any atom is 0.407 e. The minimum atomic E-state index is -0.587. The molecule has 0 saturated carbocycles. The van der Waals surface area contributed by atoms with Crippen LogP contribution in [0.5, 0.6) is 0 Å². The van der Waals surface area contributed by atoms with Crippen LogP contribution in [0.25, 0.3) is 6.08 Å². The molecule has 0 saturated heterocycles. The fraction of sp³-hybridized carbons (Fsp3) is 0.429. The van der Waals surface area contributed by atoms with Crippen LogP contribution >= 0.6 is 11.6 Å². The van der Waals surface area contributed by atoms with Crippen molar-refractivity contribution in [1.82, 2.24) is 10.3 Å². The van der Waals surface area contributed by atoms with E-state index in [9.17, 15) is 14.9 Å². The van der Waals surface area contributed by atoms with Gasteiger partial charge in [-0.2, -0.15) is 0 Å². The van der Waals surface area contributed by atoms with E-state index in [1.54, 1.807) is 32.9 Å². The largest absolute Gasteiger partial charge is 0.444 e. The molecule has 0 aliphatic rings. The predicted octanol–water partition coefficient (Wildman–Crippen LogP) is 3.57. The summed E-state index contributed by atoms with van der Waals surface area (Å²) in [4.78, 5) is 25.3. The number of carbonyl (C=O) groups excluding carboxylic acids is 1. The molecule has 0 fully saturated rings. The summed E-state index contributed by atoms with van der Waals surface area (Å²) in [6.07, 6.45) is 4.95. The highest BCUT2D eigenvalue weighted by Gasteiger charge is 2.15. The molecule has 0 bridgehead atoms. The van der Waals surface area contributed by atoms with Gasteiger partial charge < -0.3 is 10.1 Å². The standard InChI is InChI=1S/C14H18ClN3O4/c1-14(2,3)22-13(19)16-7-5-4-6-10-8-11(18(20)21)12(15)17-9-10/h4,6,8-9H,5,7H2,1-3H3,(H,16,19). The highest BCUT2D eigenvalue weighted by molar-refractivity contribution is 6.31. The molecule has 0 radical (unpaired) electrons. The third kappa shape index (κ3) is 6.53. The van der Waals surface area contributed by atoms with Crippen LogP contribution in [-0.2, 0) is 4.74 Å². The number of hydrogen-bond acceptors (Lipinski definition) is 5. The molecule has 0 aliphatic carbocycles. The van der Waals surface area contributed by atoms with Gasteiger partial charge in [0, 0.05) is 18.8 Å². The van der Waals surface area contributed by atoms with E-state index in [2.05, 4.69) is 10.3 Å². The van der Waals surface area contributed by atoms with Gasteiger partial charge in [0.2, 0.25) is 5.15 Å². The number of hydrogen-bond donors (Lipinski definition) is 1. The van der Waals surface area contributed by atoms with Crippen molar-refractivity contribution in [2.24, 2.45) is 0 Å². The lowest BCUT2D eigenvalue weighted by atomic mass is 10.2. The monoisotopic (exact) mass is 327 g/mol. The summed E-state index contributed by atoms with van der Waals surface area (Å²) in [5.74, 6) is 0. The number of carbonyl (C=O) groups is 1. The van der Waals surface area contributed by atoms with Crippen molar-refractivity contribution in [1.29, 1.82) is 0 Å². The number of rotatable bonds is 5. The van der Waals surface area contributed by atoms with Crippen molar-refractivity contribution >= 4 is 29.5 Å². The first kappa shape index (κ1) is 17.9. The number of pyridine rings is 1. The SMILES string of the molecule is CC(C)(C)OC(=O)NCCC=Cc1cnc(Cl)c([N+](=O)[O-])c1. The Kier molecular flexibility index (Phi) is 6.30. The fourth-order valence-corrected chi connectivity index (χ4v) is 1.63. The van der Waals surface area contributed by atoms with Gasteiger partial charge in [-0.1, -0.05) is 23.8 Å². The molecular weight excluding hydrogens is 310 g/mol. The van der Waals surface area contributed by atoms with Gasteiger partial charge in [-0.15, -0.1) is 0 Å². The Balaban J connectivity index is 2.45. The Morgan fingerprint density at radius 2 is 2.23 bits per heavy atom.